The maximum absolute atomic E-state index is 12.1. The van der Waals surface area contributed by atoms with Gasteiger partial charge in [-0.3, -0.25) is 4.79 Å². The molecule has 1 N–H and O–H groups in total. The van der Waals surface area contributed by atoms with Crippen LogP contribution in [0.2, 0.25) is 5.02 Å². The van der Waals surface area contributed by atoms with Gasteiger partial charge in [0.05, 0.1) is 5.02 Å². The van der Waals surface area contributed by atoms with E-state index < -0.39 is 12.0 Å². The van der Waals surface area contributed by atoms with Crippen molar-refractivity contribution in [3.05, 3.63) is 21.3 Å². The third-order valence-electron chi connectivity index (χ3n) is 3.32. The standard InChI is InChI=1S/C13H16ClNO3S/c14-9-7-10(19-8-9)4-5-12(16)15-6-2-1-3-11(15)13(17)18/h7-8,11H,1-6H2,(H,17,18)/t11-/m1/s1. The maximum Gasteiger partial charge on any atom is 0.326 e. The first-order chi connectivity index (χ1) is 9.08. The molecule has 0 aliphatic carbocycles. The van der Waals surface area contributed by atoms with Gasteiger partial charge >= 0.3 is 5.97 Å². The number of nitrogens with zero attached hydrogens (tertiary/aromatic N) is 1. The molecule has 2 heterocycles. The number of hydrogen-bond acceptors (Lipinski definition) is 3. The molecule has 1 atom stereocenters. The van der Waals surface area contributed by atoms with Gasteiger partial charge in [-0.1, -0.05) is 11.6 Å². The van der Waals surface area contributed by atoms with Gasteiger partial charge in [-0.2, -0.15) is 0 Å². The highest BCUT2D eigenvalue weighted by Crippen LogP contribution is 2.22. The van der Waals surface area contributed by atoms with Crippen LogP contribution in [0.15, 0.2) is 11.4 Å². The van der Waals surface area contributed by atoms with Gasteiger partial charge < -0.3 is 10.0 Å². The zero-order valence-corrected chi connectivity index (χ0v) is 12.0. The van der Waals surface area contributed by atoms with Crippen LogP contribution in [0.3, 0.4) is 0 Å². The van der Waals surface area contributed by atoms with Gasteiger partial charge in [0.1, 0.15) is 6.04 Å². The van der Waals surface area contributed by atoms with E-state index in [1.807, 2.05) is 11.4 Å². The molecule has 0 radical (unpaired) electrons. The van der Waals surface area contributed by atoms with E-state index in [1.165, 1.54) is 16.2 Å². The number of aliphatic carboxylic acids is 1. The molecular weight excluding hydrogens is 286 g/mol. The van der Waals surface area contributed by atoms with Crippen molar-refractivity contribution in [3.63, 3.8) is 0 Å². The lowest BCUT2D eigenvalue weighted by molar-refractivity contribution is -0.152. The summed E-state index contributed by atoms with van der Waals surface area (Å²) in [7, 11) is 0. The Morgan fingerprint density at radius 3 is 2.89 bits per heavy atom. The molecule has 1 aromatic heterocycles. The first kappa shape index (κ1) is 14.3. The predicted molar refractivity (Wildman–Crippen MR) is 74.6 cm³/mol. The third kappa shape index (κ3) is 3.70. The van der Waals surface area contributed by atoms with Gasteiger partial charge in [-0.05, 0) is 31.7 Å². The minimum Gasteiger partial charge on any atom is -0.480 e. The summed E-state index contributed by atoms with van der Waals surface area (Å²) in [4.78, 5) is 25.8. The fourth-order valence-corrected chi connectivity index (χ4v) is 3.42. The monoisotopic (exact) mass is 301 g/mol. The van der Waals surface area contributed by atoms with E-state index in [-0.39, 0.29) is 5.91 Å². The molecule has 0 spiro atoms. The molecule has 1 aliphatic heterocycles. The Balaban J connectivity index is 1.92. The molecule has 19 heavy (non-hydrogen) atoms. The average Bonchev–Trinajstić information content (AvgIpc) is 2.81. The minimum absolute atomic E-state index is 0.0726. The second-order valence-electron chi connectivity index (χ2n) is 4.67. The molecule has 104 valence electrons. The lowest BCUT2D eigenvalue weighted by Gasteiger charge is -2.33. The highest BCUT2D eigenvalue weighted by molar-refractivity contribution is 7.10. The molecule has 1 aliphatic rings. The number of hydrogen-bond donors (Lipinski definition) is 1. The van der Waals surface area contributed by atoms with Crippen molar-refractivity contribution in [2.45, 2.75) is 38.1 Å². The van der Waals surface area contributed by atoms with Gasteiger partial charge in [-0.15, -0.1) is 11.3 Å². The van der Waals surface area contributed by atoms with Crippen LogP contribution in [0.5, 0.6) is 0 Å². The lowest BCUT2D eigenvalue weighted by Crippen LogP contribution is -2.48. The first-order valence-corrected chi connectivity index (χ1v) is 7.59. The van der Waals surface area contributed by atoms with Gasteiger partial charge in [0.15, 0.2) is 0 Å². The number of rotatable bonds is 4. The fraction of sp³-hybridized carbons (Fsp3) is 0.538. The van der Waals surface area contributed by atoms with Crippen LogP contribution in [0.1, 0.15) is 30.6 Å². The number of carbonyl (C=O) groups excluding carboxylic acids is 1. The van der Waals surface area contributed by atoms with Gasteiger partial charge in [0, 0.05) is 23.2 Å². The van der Waals surface area contributed by atoms with Gasteiger partial charge in [0.2, 0.25) is 5.91 Å². The van der Waals surface area contributed by atoms with Crippen molar-refractivity contribution in [1.82, 2.24) is 4.90 Å². The second kappa shape index (κ2) is 6.39. The zero-order chi connectivity index (χ0) is 13.8. The fourth-order valence-electron chi connectivity index (χ4n) is 2.35. The summed E-state index contributed by atoms with van der Waals surface area (Å²) in [6.45, 7) is 0.557. The number of aryl methyl sites for hydroxylation is 1. The Bertz CT molecular complexity index is 474. The van der Waals surface area contributed by atoms with E-state index in [9.17, 15) is 9.59 Å². The van der Waals surface area contributed by atoms with Gasteiger partial charge in [-0.25, -0.2) is 4.79 Å². The molecule has 2 rings (SSSR count). The van der Waals surface area contributed by atoms with E-state index in [4.69, 9.17) is 16.7 Å². The molecule has 0 bridgehead atoms. The van der Waals surface area contributed by atoms with Gasteiger partial charge in [0.25, 0.3) is 0 Å². The van der Waals surface area contributed by atoms with Crippen LogP contribution in [-0.2, 0) is 16.0 Å². The molecule has 1 amide bonds. The summed E-state index contributed by atoms with van der Waals surface area (Å²) in [5, 5.41) is 11.7. The summed E-state index contributed by atoms with van der Waals surface area (Å²) < 4.78 is 0. The Morgan fingerprint density at radius 2 is 2.26 bits per heavy atom. The number of carboxylic acids is 1. The van der Waals surface area contributed by atoms with Crippen molar-refractivity contribution in [2.75, 3.05) is 6.54 Å². The third-order valence-corrected chi connectivity index (χ3v) is 4.66. The van der Waals surface area contributed by atoms with Crippen LogP contribution < -0.4 is 0 Å². The number of halogens is 1. The highest BCUT2D eigenvalue weighted by atomic mass is 35.5. The number of thiophene rings is 1. The lowest BCUT2D eigenvalue weighted by atomic mass is 10.0. The number of carboxylic acid groups (broad SMARTS) is 1. The number of amides is 1. The first-order valence-electron chi connectivity index (χ1n) is 6.33. The van der Waals surface area contributed by atoms with Crippen LogP contribution in [0.25, 0.3) is 0 Å². The average molecular weight is 302 g/mol. The van der Waals surface area contributed by atoms with E-state index in [0.29, 0.717) is 30.8 Å². The van der Waals surface area contributed by atoms with Crippen molar-refractivity contribution >= 4 is 34.8 Å². The topological polar surface area (TPSA) is 57.6 Å². The van der Waals surface area contributed by atoms with Crippen molar-refractivity contribution in [3.8, 4) is 0 Å². The normalized spacial score (nSPS) is 19.4. The largest absolute Gasteiger partial charge is 0.480 e. The predicted octanol–water partition coefficient (Wildman–Crippen LogP) is 2.80. The summed E-state index contributed by atoms with van der Waals surface area (Å²) in [6, 6.07) is 1.21. The molecule has 1 aromatic rings. The molecule has 0 aromatic carbocycles. The number of carbonyl (C=O) groups is 2. The quantitative estimate of drug-likeness (QED) is 0.930. The van der Waals surface area contributed by atoms with Crippen LogP contribution in [0.4, 0.5) is 0 Å². The Labute approximate surface area is 121 Å². The van der Waals surface area contributed by atoms with Crippen LogP contribution in [-0.4, -0.2) is 34.5 Å². The summed E-state index contributed by atoms with van der Waals surface area (Å²) >= 11 is 7.35. The summed E-state index contributed by atoms with van der Waals surface area (Å²) in [5.41, 5.74) is 0. The Morgan fingerprint density at radius 1 is 1.47 bits per heavy atom. The highest BCUT2D eigenvalue weighted by Gasteiger charge is 2.31. The smallest absolute Gasteiger partial charge is 0.326 e. The van der Waals surface area contributed by atoms with Crippen molar-refractivity contribution in [1.29, 1.82) is 0 Å². The minimum atomic E-state index is -0.896. The SMILES string of the molecule is O=C(O)[C@H]1CCCCN1C(=O)CCc1cc(Cl)cs1. The molecule has 4 nitrogen and oxygen atoms in total. The molecular formula is C13H16ClNO3S. The summed E-state index contributed by atoms with van der Waals surface area (Å²) in [5.74, 6) is -0.969. The maximum atomic E-state index is 12.1. The molecule has 0 saturated carbocycles. The number of piperidine rings is 1. The van der Waals surface area contributed by atoms with E-state index >= 15 is 0 Å². The molecule has 0 unspecified atom stereocenters. The Hall–Kier alpha value is -1.07. The van der Waals surface area contributed by atoms with Crippen LogP contribution >= 0.6 is 22.9 Å². The molecule has 1 fully saturated rings. The van der Waals surface area contributed by atoms with Crippen LogP contribution in [0, 0.1) is 0 Å². The zero-order valence-electron chi connectivity index (χ0n) is 10.5. The van der Waals surface area contributed by atoms with Crippen molar-refractivity contribution in [2.24, 2.45) is 0 Å². The second-order valence-corrected chi connectivity index (χ2v) is 6.10. The van der Waals surface area contributed by atoms with E-state index in [0.717, 1.165) is 17.7 Å². The molecule has 1 saturated heterocycles. The summed E-state index contributed by atoms with van der Waals surface area (Å²) in [6.07, 6.45) is 3.30. The van der Waals surface area contributed by atoms with Crippen molar-refractivity contribution < 1.29 is 14.7 Å². The Kier molecular flexibility index (Phi) is 4.82. The van der Waals surface area contributed by atoms with E-state index in [2.05, 4.69) is 0 Å². The van der Waals surface area contributed by atoms with E-state index in [1.54, 1.807) is 0 Å². The number of likely N-dealkylation sites (tertiary alicyclic amines) is 1. The molecule has 6 heteroatoms.